The second-order valence-corrected chi connectivity index (χ2v) is 5.07. The second-order valence-electron chi connectivity index (χ2n) is 4.67. The Morgan fingerprint density at radius 3 is 2.65 bits per heavy atom. The van der Waals surface area contributed by atoms with Crippen LogP contribution in [0.4, 0.5) is 18.9 Å². The quantitative estimate of drug-likeness (QED) is 0.874. The van der Waals surface area contributed by atoms with Gasteiger partial charge < -0.3 is 10.6 Å². The van der Waals surface area contributed by atoms with E-state index in [1.165, 1.54) is 0 Å². The first-order valence-corrected chi connectivity index (χ1v) is 7.01. The van der Waals surface area contributed by atoms with E-state index < -0.39 is 17.6 Å². The van der Waals surface area contributed by atoms with Gasteiger partial charge in [0, 0.05) is 12.7 Å². The van der Waals surface area contributed by atoms with E-state index in [-0.39, 0.29) is 17.3 Å². The Bertz CT molecular complexity index is 677. The average molecular weight is 344 g/mol. The Kier molecular flexibility index (Phi) is 5.57. The summed E-state index contributed by atoms with van der Waals surface area (Å²) in [6.45, 7) is 0.285. The van der Waals surface area contributed by atoms with E-state index in [0.29, 0.717) is 6.54 Å². The summed E-state index contributed by atoms with van der Waals surface area (Å²) >= 11 is 5.81. The van der Waals surface area contributed by atoms with Crippen LogP contribution in [0.2, 0.25) is 5.02 Å². The molecular weight excluding hydrogens is 331 g/mol. The summed E-state index contributed by atoms with van der Waals surface area (Å²) in [5, 5.41) is 5.24. The summed E-state index contributed by atoms with van der Waals surface area (Å²) in [6.07, 6.45) is -2.87. The SMILES string of the molecule is O=C(CNCc1ccccn1)Nc1cc(C(F)(F)F)ccc1Cl. The monoisotopic (exact) mass is 343 g/mol. The number of carbonyl (C=O) groups excluding carboxylic acids is 1. The van der Waals surface area contributed by atoms with Crippen LogP contribution < -0.4 is 10.6 Å². The fraction of sp³-hybridized carbons (Fsp3) is 0.200. The molecule has 0 fully saturated rings. The van der Waals surface area contributed by atoms with Crippen molar-refractivity contribution in [1.29, 1.82) is 0 Å². The van der Waals surface area contributed by atoms with Gasteiger partial charge in [-0.3, -0.25) is 9.78 Å². The van der Waals surface area contributed by atoms with Gasteiger partial charge in [0.25, 0.3) is 0 Å². The zero-order valence-electron chi connectivity index (χ0n) is 11.8. The molecule has 0 saturated heterocycles. The van der Waals surface area contributed by atoms with Crippen molar-refractivity contribution in [3.8, 4) is 0 Å². The number of hydrogen-bond donors (Lipinski definition) is 2. The lowest BCUT2D eigenvalue weighted by Crippen LogP contribution is -2.28. The van der Waals surface area contributed by atoms with Gasteiger partial charge in [-0.15, -0.1) is 0 Å². The second kappa shape index (κ2) is 7.43. The first kappa shape index (κ1) is 17.2. The highest BCUT2D eigenvalue weighted by Crippen LogP contribution is 2.33. The first-order chi connectivity index (χ1) is 10.9. The number of pyridine rings is 1. The van der Waals surface area contributed by atoms with Crippen LogP contribution in [0, 0.1) is 0 Å². The number of aromatic nitrogens is 1. The maximum Gasteiger partial charge on any atom is 0.416 e. The molecule has 0 atom stereocenters. The topological polar surface area (TPSA) is 54.0 Å². The number of carbonyl (C=O) groups is 1. The molecule has 1 heterocycles. The number of benzene rings is 1. The number of amides is 1. The highest BCUT2D eigenvalue weighted by atomic mass is 35.5. The molecule has 2 aromatic rings. The lowest BCUT2D eigenvalue weighted by molar-refractivity contribution is -0.137. The van der Waals surface area contributed by atoms with Crippen LogP contribution in [0.25, 0.3) is 0 Å². The van der Waals surface area contributed by atoms with Crippen LogP contribution in [0.15, 0.2) is 42.6 Å². The van der Waals surface area contributed by atoms with Crippen LogP contribution >= 0.6 is 11.6 Å². The zero-order valence-corrected chi connectivity index (χ0v) is 12.6. The van der Waals surface area contributed by atoms with Gasteiger partial charge in [0.05, 0.1) is 28.5 Å². The molecule has 0 unspecified atom stereocenters. The standard InChI is InChI=1S/C15H13ClF3N3O/c16-12-5-4-10(15(17,18)19)7-13(12)22-14(23)9-20-8-11-3-1-2-6-21-11/h1-7,20H,8-9H2,(H,22,23). The number of nitrogens with zero attached hydrogens (tertiary/aromatic N) is 1. The van der Waals surface area contributed by atoms with Crippen LogP contribution in [0.1, 0.15) is 11.3 Å². The van der Waals surface area contributed by atoms with Gasteiger partial charge >= 0.3 is 6.18 Å². The van der Waals surface area contributed by atoms with E-state index >= 15 is 0 Å². The summed E-state index contributed by atoms with van der Waals surface area (Å²) < 4.78 is 38.0. The predicted octanol–water partition coefficient (Wildman–Crippen LogP) is 3.48. The molecule has 0 saturated carbocycles. The largest absolute Gasteiger partial charge is 0.416 e. The molecule has 1 amide bonds. The first-order valence-electron chi connectivity index (χ1n) is 6.63. The van der Waals surface area contributed by atoms with Crippen molar-refractivity contribution >= 4 is 23.2 Å². The molecule has 8 heteroatoms. The minimum atomic E-state index is -4.50. The number of rotatable bonds is 5. The fourth-order valence-electron chi connectivity index (χ4n) is 1.80. The van der Waals surface area contributed by atoms with Gasteiger partial charge in [-0.1, -0.05) is 17.7 Å². The number of nitrogens with one attached hydrogen (secondary N) is 2. The van der Waals surface area contributed by atoms with Gasteiger partial charge in [0.1, 0.15) is 0 Å². The predicted molar refractivity (Wildman–Crippen MR) is 81.0 cm³/mol. The molecule has 122 valence electrons. The third-order valence-electron chi connectivity index (χ3n) is 2.89. The summed E-state index contributed by atoms with van der Waals surface area (Å²) in [4.78, 5) is 15.9. The molecule has 1 aromatic heterocycles. The molecule has 1 aromatic carbocycles. The summed E-state index contributed by atoms with van der Waals surface area (Å²) in [6, 6.07) is 8.13. The molecule has 2 N–H and O–H groups in total. The molecule has 0 radical (unpaired) electrons. The third-order valence-corrected chi connectivity index (χ3v) is 3.22. The van der Waals surface area contributed by atoms with Crippen LogP contribution in [-0.2, 0) is 17.5 Å². The van der Waals surface area contributed by atoms with E-state index in [1.807, 2.05) is 6.07 Å². The van der Waals surface area contributed by atoms with E-state index in [2.05, 4.69) is 15.6 Å². The maximum atomic E-state index is 12.7. The Morgan fingerprint density at radius 2 is 2.00 bits per heavy atom. The van der Waals surface area contributed by atoms with Crippen molar-refractivity contribution in [3.05, 3.63) is 58.9 Å². The van der Waals surface area contributed by atoms with Gasteiger partial charge in [-0.25, -0.2) is 0 Å². The molecular formula is C15H13ClF3N3O. The van der Waals surface area contributed by atoms with Crippen LogP contribution in [-0.4, -0.2) is 17.4 Å². The van der Waals surface area contributed by atoms with Crippen molar-refractivity contribution < 1.29 is 18.0 Å². The van der Waals surface area contributed by atoms with Crippen molar-refractivity contribution in [2.24, 2.45) is 0 Å². The Labute approximate surface area is 135 Å². The number of hydrogen-bond acceptors (Lipinski definition) is 3. The van der Waals surface area contributed by atoms with Gasteiger partial charge in [0.2, 0.25) is 5.91 Å². The summed E-state index contributed by atoms with van der Waals surface area (Å²) in [5.41, 5.74) is -0.206. The van der Waals surface area contributed by atoms with Crippen LogP contribution in [0.5, 0.6) is 0 Å². The molecule has 0 spiro atoms. The van der Waals surface area contributed by atoms with Crippen molar-refractivity contribution in [2.75, 3.05) is 11.9 Å². The smallest absolute Gasteiger partial charge is 0.324 e. The molecule has 0 aliphatic carbocycles. The Balaban J connectivity index is 1.92. The number of anilines is 1. The van der Waals surface area contributed by atoms with Gasteiger partial charge in [-0.05, 0) is 30.3 Å². The van der Waals surface area contributed by atoms with Gasteiger partial charge in [-0.2, -0.15) is 13.2 Å². The average Bonchev–Trinajstić information content (AvgIpc) is 2.49. The Morgan fingerprint density at radius 1 is 1.22 bits per heavy atom. The zero-order chi connectivity index (χ0) is 16.9. The minimum absolute atomic E-state index is 0.0380. The summed E-state index contributed by atoms with van der Waals surface area (Å²) in [7, 11) is 0. The van der Waals surface area contributed by atoms with Crippen molar-refractivity contribution in [3.63, 3.8) is 0 Å². The van der Waals surface area contributed by atoms with Crippen molar-refractivity contribution in [1.82, 2.24) is 10.3 Å². The fourth-order valence-corrected chi connectivity index (χ4v) is 1.96. The third kappa shape index (κ3) is 5.22. The van der Waals surface area contributed by atoms with E-state index in [4.69, 9.17) is 11.6 Å². The number of alkyl halides is 3. The number of halogens is 4. The minimum Gasteiger partial charge on any atom is -0.324 e. The lowest BCUT2D eigenvalue weighted by Gasteiger charge is -2.12. The molecule has 4 nitrogen and oxygen atoms in total. The highest BCUT2D eigenvalue weighted by molar-refractivity contribution is 6.33. The van der Waals surface area contributed by atoms with E-state index in [1.54, 1.807) is 18.3 Å². The molecule has 0 aliphatic heterocycles. The molecule has 0 bridgehead atoms. The van der Waals surface area contributed by atoms with Crippen molar-refractivity contribution in [2.45, 2.75) is 12.7 Å². The lowest BCUT2D eigenvalue weighted by atomic mass is 10.2. The molecule has 23 heavy (non-hydrogen) atoms. The van der Waals surface area contributed by atoms with Gasteiger partial charge in [0.15, 0.2) is 0 Å². The van der Waals surface area contributed by atoms with E-state index in [0.717, 1.165) is 23.9 Å². The normalized spacial score (nSPS) is 11.3. The van der Waals surface area contributed by atoms with Crippen LogP contribution in [0.3, 0.4) is 0 Å². The maximum absolute atomic E-state index is 12.7. The highest BCUT2D eigenvalue weighted by Gasteiger charge is 2.31. The Hall–Kier alpha value is -2.12. The summed E-state index contributed by atoms with van der Waals surface area (Å²) in [5.74, 6) is -0.498. The molecule has 2 rings (SSSR count). The van der Waals surface area contributed by atoms with E-state index in [9.17, 15) is 18.0 Å². The molecule has 0 aliphatic rings.